The largest absolute Gasteiger partial charge is 0.465 e. The minimum absolute atomic E-state index is 0.264. The van der Waals surface area contributed by atoms with E-state index < -0.39 is 17.7 Å². The lowest BCUT2D eigenvalue weighted by Gasteiger charge is -2.11. The quantitative estimate of drug-likeness (QED) is 0.497. The predicted octanol–water partition coefficient (Wildman–Crippen LogP) is 2.30. The van der Waals surface area contributed by atoms with E-state index in [1.54, 1.807) is 12.1 Å². The van der Waals surface area contributed by atoms with Gasteiger partial charge in [-0.25, -0.2) is 4.79 Å². The highest BCUT2D eigenvalue weighted by atomic mass is 19.4. The SMILES string of the molecule is COC(=O)/C(=C/Nc1ccccc1N)C(F)(F)F. The van der Waals surface area contributed by atoms with Crippen molar-refractivity contribution in [2.45, 2.75) is 6.18 Å². The Morgan fingerprint density at radius 2 is 2.00 bits per heavy atom. The molecule has 0 heterocycles. The number of rotatable bonds is 3. The van der Waals surface area contributed by atoms with Crippen molar-refractivity contribution in [3.63, 3.8) is 0 Å². The number of hydrogen-bond acceptors (Lipinski definition) is 4. The highest BCUT2D eigenvalue weighted by Gasteiger charge is 2.39. The minimum atomic E-state index is -4.80. The number of hydrogen-bond donors (Lipinski definition) is 2. The van der Waals surface area contributed by atoms with Crippen LogP contribution in [0.5, 0.6) is 0 Å². The maximum absolute atomic E-state index is 12.5. The maximum atomic E-state index is 12.5. The molecule has 0 aliphatic heterocycles. The van der Waals surface area contributed by atoms with E-state index in [9.17, 15) is 18.0 Å². The molecule has 0 spiro atoms. The van der Waals surface area contributed by atoms with Crippen LogP contribution < -0.4 is 11.1 Å². The van der Waals surface area contributed by atoms with E-state index >= 15 is 0 Å². The molecule has 0 radical (unpaired) electrons. The Bertz CT molecular complexity index is 470. The van der Waals surface area contributed by atoms with Crippen molar-refractivity contribution in [2.24, 2.45) is 0 Å². The minimum Gasteiger partial charge on any atom is -0.465 e. The van der Waals surface area contributed by atoms with E-state index in [-0.39, 0.29) is 11.4 Å². The predicted molar refractivity (Wildman–Crippen MR) is 60.6 cm³/mol. The van der Waals surface area contributed by atoms with Crippen molar-refractivity contribution < 1.29 is 22.7 Å². The van der Waals surface area contributed by atoms with Gasteiger partial charge in [0, 0.05) is 6.20 Å². The van der Waals surface area contributed by atoms with Crippen molar-refractivity contribution in [1.82, 2.24) is 0 Å². The van der Waals surface area contributed by atoms with Gasteiger partial charge in [0.25, 0.3) is 0 Å². The summed E-state index contributed by atoms with van der Waals surface area (Å²) < 4.78 is 41.6. The second-order valence-electron chi connectivity index (χ2n) is 3.28. The molecule has 98 valence electrons. The second-order valence-corrected chi connectivity index (χ2v) is 3.28. The number of ether oxygens (including phenoxy) is 1. The van der Waals surface area contributed by atoms with Gasteiger partial charge in [-0.2, -0.15) is 13.2 Å². The summed E-state index contributed by atoms with van der Waals surface area (Å²) in [5.41, 5.74) is 4.63. The Kier molecular flexibility index (Phi) is 4.19. The first-order chi connectivity index (χ1) is 8.36. The summed E-state index contributed by atoms with van der Waals surface area (Å²) in [6, 6.07) is 6.23. The Morgan fingerprint density at radius 3 is 2.50 bits per heavy atom. The number of benzene rings is 1. The maximum Gasteiger partial charge on any atom is 0.424 e. The Labute approximate surface area is 101 Å². The molecule has 1 rings (SSSR count). The summed E-state index contributed by atoms with van der Waals surface area (Å²) in [7, 11) is 0.874. The van der Waals surface area contributed by atoms with Crippen molar-refractivity contribution in [3.05, 3.63) is 36.0 Å². The molecule has 0 aromatic heterocycles. The zero-order chi connectivity index (χ0) is 13.8. The number of methoxy groups -OCH3 is 1. The topological polar surface area (TPSA) is 64.3 Å². The van der Waals surface area contributed by atoms with Crippen molar-refractivity contribution in [3.8, 4) is 0 Å². The fourth-order valence-electron chi connectivity index (χ4n) is 1.14. The molecule has 7 heteroatoms. The highest BCUT2D eigenvalue weighted by molar-refractivity contribution is 5.90. The first kappa shape index (κ1) is 13.9. The van der Waals surface area contributed by atoms with E-state index in [0.29, 0.717) is 6.20 Å². The fourth-order valence-corrected chi connectivity index (χ4v) is 1.14. The average molecular weight is 260 g/mol. The third-order valence-electron chi connectivity index (χ3n) is 2.04. The van der Waals surface area contributed by atoms with Crippen LogP contribution in [0.25, 0.3) is 0 Å². The van der Waals surface area contributed by atoms with Crippen LogP contribution >= 0.6 is 0 Å². The molecule has 0 atom stereocenters. The molecule has 3 N–H and O–H groups in total. The number of carbonyl (C=O) groups excluding carboxylic acids is 1. The van der Waals surface area contributed by atoms with Gasteiger partial charge in [-0.3, -0.25) is 0 Å². The van der Waals surface area contributed by atoms with Crippen LogP contribution in [0.1, 0.15) is 0 Å². The van der Waals surface area contributed by atoms with Crippen LogP contribution in [-0.4, -0.2) is 19.3 Å². The van der Waals surface area contributed by atoms with Crippen molar-refractivity contribution >= 4 is 17.3 Å². The third kappa shape index (κ3) is 3.41. The zero-order valence-electron chi connectivity index (χ0n) is 9.41. The number of halogens is 3. The van der Waals surface area contributed by atoms with E-state index in [0.717, 1.165) is 7.11 Å². The van der Waals surface area contributed by atoms with Crippen LogP contribution in [0.3, 0.4) is 0 Å². The standard InChI is InChI=1S/C11H11F3N2O2/c1-18-10(17)7(11(12,13)14)6-16-9-5-3-2-4-8(9)15/h2-6,16H,15H2,1H3/b7-6-. The van der Waals surface area contributed by atoms with Crippen LogP contribution in [0.4, 0.5) is 24.5 Å². The van der Waals surface area contributed by atoms with Gasteiger partial charge >= 0.3 is 12.1 Å². The molecular formula is C11H11F3N2O2. The first-order valence-corrected chi connectivity index (χ1v) is 4.83. The zero-order valence-corrected chi connectivity index (χ0v) is 9.41. The smallest absolute Gasteiger partial charge is 0.424 e. The Hall–Kier alpha value is -2.18. The molecular weight excluding hydrogens is 249 g/mol. The number of anilines is 2. The summed E-state index contributed by atoms with van der Waals surface area (Å²) in [5.74, 6) is -1.47. The Morgan fingerprint density at radius 1 is 1.39 bits per heavy atom. The molecule has 0 amide bonds. The summed E-state index contributed by atoms with van der Waals surface area (Å²) in [4.78, 5) is 11.0. The number of nitrogens with one attached hydrogen (secondary N) is 1. The molecule has 1 aromatic carbocycles. The molecule has 0 fully saturated rings. The summed E-state index contributed by atoms with van der Waals surface area (Å²) in [6.07, 6.45) is -4.28. The lowest BCUT2D eigenvalue weighted by molar-refractivity contribution is -0.148. The molecule has 1 aromatic rings. The van der Waals surface area contributed by atoms with Gasteiger partial charge in [0.1, 0.15) is 0 Å². The van der Waals surface area contributed by atoms with Crippen LogP contribution in [0.2, 0.25) is 0 Å². The molecule has 0 saturated carbocycles. The highest BCUT2D eigenvalue weighted by Crippen LogP contribution is 2.27. The van der Waals surface area contributed by atoms with E-state index in [2.05, 4.69) is 10.1 Å². The van der Waals surface area contributed by atoms with E-state index in [4.69, 9.17) is 5.73 Å². The lowest BCUT2D eigenvalue weighted by Crippen LogP contribution is -2.22. The van der Waals surface area contributed by atoms with Gasteiger partial charge in [-0.15, -0.1) is 0 Å². The fraction of sp³-hybridized carbons (Fsp3) is 0.182. The van der Waals surface area contributed by atoms with Gasteiger partial charge in [-0.1, -0.05) is 12.1 Å². The monoisotopic (exact) mass is 260 g/mol. The van der Waals surface area contributed by atoms with Gasteiger partial charge in [0.05, 0.1) is 18.5 Å². The number of nitrogens with two attached hydrogens (primary N) is 1. The molecule has 0 bridgehead atoms. The van der Waals surface area contributed by atoms with Crippen molar-refractivity contribution in [1.29, 1.82) is 0 Å². The normalized spacial score (nSPS) is 12.1. The summed E-state index contributed by atoms with van der Waals surface area (Å²) >= 11 is 0. The number of para-hydroxylation sites is 2. The van der Waals surface area contributed by atoms with Crippen LogP contribution in [0.15, 0.2) is 36.0 Å². The molecule has 0 aliphatic carbocycles. The van der Waals surface area contributed by atoms with Crippen LogP contribution in [-0.2, 0) is 9.53 Å². The van der Waals surface area contributed by atoms with Gasteiger partial charge < -0.3 is 15.8 Å². The number of nitrogen functional groups attached to an aromatic ring is 1. The lowest BCUT2D eigenvalue weighted by atomic mass is 10.2. The number of esters is 1. The van der Waals surface area contributed by atoms with E-state index in [1.165, 1.54) is 12.1 Å². The van der Waals surface area contributed by atoms with Gasteiger partial charge in [0.2, 0.25) is 0 Å². The van der Waals surface area contributed by atoms with Gasteiger partial charge in [0.15, 0.2) is 5.57 Å². The van der Waals surface area contributed by atoms with Crippen molar-refractivity contribution in [2.75, 3.05) is 18.2 Å². The van der Waals surface area contributed by atoms with Gasteiger partial charge in [-0.05, 0) is 12.1 Å². The third-order valence-corrected chi connectivity index (χ3v) is 2.04. The van der Waals surface area contributed by atoms with Crippen LogP contribution in [0, 0.1) is 0 Å². The summed E-state index contributed by atoms with van der Waals surface area (Å²) in [5, 5.41) is 2.33. The molecule has 0 aliphatic rings. The average Bonchev–Trinajstić information content (AvgIpc) is 2.29. The number of alkyl halides is 3. The molecule has 0 saturated heterocycles. The number of carbonyl (C=O) groups is 1. The second kappa shape index (κ2) is 5.44. The molecule has 18 heavy (non-hydrogen) atoms. The molecule has 0 unspecified atom stereocenters. The Balaban J connectivity index is 2.98. The van der Waals surface area contributed by atoms with E-state index in [1.807, 2.05) is 0 Å². The first-order valence-electron chi connectivity index (χ1n) is 4.83. The summed E-state index contributed by atoms with van der Waals surface area (Å²) in [6.45, 7) is 0. The molecule has 4 nitrogen and oxygen atoms in total.